The predicted octanol–water partition coefficient (Wildman–Crippen LogP) is 4.09. The minimum atomic E-state index is -3.30. The summed E-state index contributed by atoms with van der Waals surface area (Å²) in [5, 5.41) is 0.543. The maximum atomic E-state index is 12.8. The second-order valence-corrected chi connectivity index (χ2v) is 12.5. The van der Waals surface area contributed by atoms with E-state index in [1.54, 1.807) is 61.2 Å². The van der Waals surface area contributed by atoms with Crippen LogP contribution in [-0.2, 0) is 21.1 Å². The van der Waals surface area contributed by atoms with Crippen LogP contribution in [0, 0.1) is 0 Å². The van der Waals surface area contributed by atoms with Crippen LogP contribution in [0.25, 0.3) is 10.2 Å². The molecule has 1 aromatic heterocycles. The standard InChI is InChI=1S/C23H27N3O3S3/c1-16(2)32(28,29)19-7-4-17(5-8-19)14-22(27)25-10-12-26(13-11-25)23-24-20-9-6-18(30-3)15-21(20)31-23/h4-9,15-16H,10-14H2,1-3H3. The van der Waals surface area contributed by atoms with Crippen molar-refractivity contribution < 1.29 is 13.2 Å². The summed E-state index contributed by atoms with van der Waals surface area (Å²) in [4.78, 5) is 23.2. The van der Waals surface area contributed by atoms with Crippen molar-refractivity contribution in [3.8, 4) is 0 Å². The van der Waals surface area contributed by atoms with Crippen molar-refractivity contribution >= 4 is 54.2 Å². The van der Waals surface area contributed by atoms with Crippen molar-refractivity contribution in [1.29, 1.82) is 0 Å². The number of hydrogen-bond donors (Lipinski definition) is 0. The predicted molar refractivity (Wildman–Crippen MR) is 133 cm³/mol. The van der Waals surface area contributed by atoms with Crippen molar-refractivity contribution in [2.75, 3.05) is 37.3 Å². The maximum Gasteiger partial charge on any atom is 0.227 e. The minimum Gasteiger partial charge on any atom is -0.345 e. The van der Waals surface area contributed by atoms with Gasteiger partial charge >= 0.3 is 0 Å². The summed E-state index contributed by atoms with van der Waals surface area (Å²) in [7, 11) is -3.30. The molecule has 0 saturated carbocycles. The molecule has 0 unspecified atom stereocenters. The number of carbonyl (C=O) groups excluding carboxylic acids is 1. The highest BCUT2D eigenvalue weighted by molar-refractivity contribution is 7.98. The van der Waals surface area contributed by atoms with Crippen LogP contribution in [0.4, 0.5) is 5.13 Å². The fourth-order valence-corrected chi connectivity index (χ4v) is 6.29. The number of carbonyl (C=O) groups is 1. The Kier molecular flexibility index (Phi) is 6.78. The van der Waals surface area contributed by atoms with Gasteiger partial charge in [0, 0.05) is 31.1 Å². The van der Waals surface area contributed by atoms with Gasteiger partial charge in [-0.05, 0) is 56.0 Å². The van der Waals surface area contributed by atoms with Crippen molar-refractivity contribution in [3.63, 3.8) is 0 Å². The quantitative estimate of drug-likeness (QED) is 0.486. The number of fused-ring (bicyclic) bond motifs is 1. The summed E-state index contributed by atoms with van der Waals surface area (Å²) in [6.07, 6.45) is 2.35. The van der Waals surface area contributed by atoms with Crippen LogP contribution < -0.4 is 4.90 Å². The second-order valence-electron chi connectivity index (χ2n) is 8.11. The van der Waals surface area contributed by atoms with Gasteiger partial charge in [-0.3, -0.25) is 4.79 Å². The molecule has 170 valence electrons. The lowest BCUT2D eigenvalue weighted by atomic mass is 10.1. The molecule has 0 spiro atoms. The van der Waals surface area contributed by atoms with Gasteiger partial charge in [0.05, 0.1) is 26.8 Å². The number of rotatable bonds is 6. The molecule has 1 aliphatic heterocycles. The molecule has 6 nitrogen and oxygen atoms in total. The van der Waals surface area contributed by atoms with E-state index in [4.69, 9.17) is 4.98 Å². The van der Waals surface area contributed by atoms with E-state index in [0.717, 1.165) is 29.3 Å². The molecular formula is C23H27N3O3S3. The number of thioether (sulfide) groups is 1. The fraction of sp³-hybridized carbons (Fsp3) is 0.391. The summed E-state index contributed by atoms with van der Waals surface area (Å²) in [6, 6.07) is 13.0. The molecular weight excluding hydrogens is 462 g/mol. The Morgan fingerprint density at radius 1 is 1.09 bits per heavy atom. The lowest BCUT2D eigenvalue weighted by molar-refractivity contribution is -0.130. The highest BCUT2D eigenvalue weighted by Gasteiger charge is 2.24. The number of sulfone groups is 1. The van der Waals surface area contributed by atoms with Gasteiger partial charge in [-0.25, -0.2) is 13.4 Å². The third kappa shape index (κ3) is 4.79. The third-order valence-electron chi connectivity index (χ3n) is 5.72. The third-order valence-corrected chi connectivity index (χ3v) is 9.69. The number of thiazole rings is 1. The van der Waals surface area contributed by atoms with E-state index < -0.39 is 15.1 Å². The highest BCUT2D eigenvalue weighted by atomic mass is 32.2. The normalized spacial score (nSPS) is 15.0. The molecule has 0 bridgehead atoms. The van der Waals surface area contributed by atoms with Crippen LogP contribution in [0.2, 0.25) is 0 Å². The smallest absolute Gasteiger partial charge is 0.227 e. The molecule has 4 rings (SSSR count). The van der Waals surface area contributed by atoms with Gasteiger partial charge in [-0.1, -0.05) is 23.5 Å². The average Bonchev–Trinajstić information content (AvgIpc) is 3.22. The summed E-state index contributed by atoms with van der Waals surface area (Å²) < 4.78 is 25.7. The second kappa shape index (κ2) is 9.41. The molecule has 2 heterocycles. The van der Waals surface area contributed by atoms with Crippen molar-refractivity contribution in [3.05, 3.63) is 48.0 Å². The van der Waals surface area contributed by atoms with Crippen molar-refractivity contribution in [2.45, 2.75) is 35.3 Å². The Labute approximate surface area is 197 Å². The fourth-order valence-electron chi connectivity index (χ4n) is 3.66. The zero-order chi connectivity index (χ0) is 22.9. The SMILES string of the molecule is CSc1ccc2nc(N3CCN(C(=O)Cc4ccc(S(=O)(=O)C(C)C)cc4)CC3)sc2c1. The summed E-state index contributed by atoms with van der Waals surface area (Å²) in [5.41, 5.74) is 1.85. The van der Waals surface area contributed by atoms with E-state index in [1.165, 1.54) is 9.60 Å². The van der Waals surface area contributed by atoms with Crippen LogP contribution in [0.3, 0.4) is 0 Å². The molecule has 9 heteroatoms. The van der Waals surface area contributed by atoms with E-state index in [0.29, 0.717) is 18.0 Å². The lowest BCUT2D eigenvalue weighted by Gasteiger charge is -2.34. The topological polar surface area (TPSA) is 70.6 Å². The Hall–Kier alpha value is -2.10. The van der Waals surface area contributed by atoms with Gasteiger partial charge in [0.15, 0.2) is 15.0 Å². The number of nitrogens with zero attached hydrogens (tertiary/aromatic N) is 3. The Balaban J connectivity index is 1.35. The molecule has 1 amide bonds. The van der Waals surface area contributed by atoms with E-state index >= 15 is 0 Å². The monoisotopic (exact) mass is 489 g/mol. The summed E-state index contributed by atoms with van der Waals surface area (Å²) in [6.45, 7) is 6.17. The molecule has 3 aromatic rings. The van der Waals surface area contributed by atoms with Crippen molar-refractivity contribution in [1.82, 2.24) is 9.88 Å². The first-order valence-electron chi connectivity index (χ1n) is 10.6. The van der Waals surface area contributed by atoms with Crippen LogP contribution in [0.5, 0.6) is 0 Å². The van der Waals surface area contributed by atoms with Crippen LogP contribution in [0.1, 0.15) is 19.4 Å². The average molecular weight is 490 g/mol. The number of aromatic nitrogens is 1. The molecule has 0 radical (unpaired) electrons. The Morgan fingerprint density at radius 2 is 1.78 bits per heavy atom. The Bertz CT molecular complexity index is 1210. The number of benzene rings is 2. The first-order valence-corrected chi connectivity index (χ1v) is 14.2. The molecule has 1 saturated heterocycles. The zero-order valence-corrected chi connectivity index (χ0v) is 20.9. The van der Waals surface area contributed by atoms with Gasteiger partial charge in [0.25, 0.3) is 0 Å². The number of piperazine rings is 1. The number of amides is 1. The minimum absolute atomic E-state index is 0.0676. The van der Waals surface area contributed by atoms with Gasteiger partial charge in [0.2, 0.25) is 5.91 Å². The van der Waals surface area contributed by atoms with Gasteiger partial charge in [0.1, 0.15) is 0 Å². The van der Waals surface area contributed by atoms with E-state index in [2.05, 4.69) is 29.4 Å². The molecule has 0 N–H and O–H groups in total. The van der Waals surface area contributed by atoms with E-state index in [9.17, 15) is 13.2 Å². The van der Waals surface area contributed by atoms with Gasteiger partial charge < -0.3 is 9.80 Å². The molecule has 1 aliphatic rings. The number of anilines is 1. The van der Waals surface area contributed by atoms with Crippen LogP contribution >= 0.6 is 23.1 Å². The first kappa shape index (κ1) is 23.1. The zero-order valence-electron chi connectivity index (χ0n) is 18.4. The highest BCUT2D eigenvalue weighted by Crippen LogP contribution is 2.32. The largest absolute Gasteiger partial charge is 0.345 e. The first-order chi connectivity index (χ1) is 15.3. The molecule has 1 fully saturated rings. The molecule has 0 atom stereocenters. The molecule has 0 aliphatic carbocycles. The summed E-state index contributed by atoms with van der Waals surface area (Å²) >= 11 is 3.43. The van der Waals surface area contributed by atoms with Crippen molar-refractivity contribution in [2.24, 2.45) is 0 Å². The van der Waals surface area contributed by atoms with Gasteiger partial charge in [-0.15, -0.1) is 11.8 Å². The molecule has 2 aromatic carbocycles. The molecule has 32 heavy (non-hydrogen) atoms. The van der Waals surface area contributed by atoms with E-state index in [1.807, 2.05) is 4.90 Å². The van der Waals surface area contributed by atoms with Gasteiger partial charge in [-0.2, -0.15) is 0 Å². The van der Waals surface area contributed by atoms with Crippen LogP contribution in [-0.4, -0.2) is 61.9 Å². The number of hydrogen-bond acceptors (Lipinski definition) is 7. The van der Waals surface area contributed by atoms with Crippen LogP contribution in [0.15, 0.2) is 52.3 Å². The van der Waals surface area contributed by atoms with E-state index in [-0.39, 0.29) is 12.3 Å². The maximum absolute atomic E-state index is 12.8. The Morgan fingerprint density at radius 3 is 2.41 bits per heavy atom. The lowest BCUT2D eigenvalue weighted by Crippen LogP contribution is -2.49. The summed E-state index contributed by atoms with van der Waals surface area (Å²) in [5.74, 6) is 0.0676.